The lowest BCUT2D eigenvalue weighted by molar-refractivity contribution is -0.140. The maximum absolute atomic E-state index is 11.1. The molecule has 1 unspecified atom stereocenters. The van der Waals surface area contributed by atoms with Gasteiger partial charge in [-0.2, -0.15) is 4.98 Å². The first-order valence-corrected chi connectivity index (χ1v) is 6.89. The van der Waals surface area contributed by atoms with Gasteiger partial charge in [0.15, 0.2) is 5.82 Å². The van der Waals surface area contributed by atoms with E-state index in [-0.39, 0.29) is 16.6 Å². The van der Waals surface area contributed by atoms with E-state index >= 15 is 0 Å². The van der Waals surface area contributed by atoms with E-state index in [4.69, 9.17) is 4.52 Å². The summed E-state index contributed by atoms with van der Waals surface area (Å²) in [6, 6.07) is 0. The number of nitrogens with zero attached hydrogens (tertiary/aromatic N) is 2. The highest BCUT2D eigenvalue weighted by Crippen LogP contribution is 2.22. The molecule has 0 aliphatic heterocycles. The zero-order valence-corrected chi connectivity index (χ0v) is 12.3. The van der Waals surface area contributed by atoms with Crippen LogP contribution in [0, 0.1) is 0 Å². The van der Waals surface area contributed by atoms with Gasteiger partial charge in [0, 0.05) is 10.7 Å². The van der Waals surface area contributed by atoms with Crippen molar-refractivity contribution in [2.75, 3.05) is 7.11 Å². The molecular formula is C12H20N2O3S. The van der Waals surface area contributed by atoms with Crippen LogP contribution in [0.5, 0.6) is 0 Å². The molecule has 0 fully saturated rings. The van der Waals surface area contributed by atoms with Crippen molar-refractivity contribution in [1.82, 2.24) is 10.1 Å². The summed E-state index contributed by atoms with van der Waals surface area (Å²) in [6.07, 6.45) is 0.390. The predicted molar refractivity (Wildman–Crippen MR) is 70.4 cm³/mol. The lowest BCUT2D eigenvalue weighted by atomic mass is 9.96. The number of methoxy groups -OCH3 is 1. The van der Waals surface area contributed by atoms with Gasteiger partial charge in [0.2, 0.25) is 5.89 Å². The molecule has 0 radical (unpaired) electrons. The quantitative estimate of drug-likeness (QED) is 0.767. The summed E-state index contributed by atoms with van der Waals surface area (Å²) in [5.41, 5.74) is -0.107. The van der Waals surface area contributed by atoms with Crippen molar-refractivity contribution in [2.24, 2.45) is 0 Å². The number of aromatic nitrogens is 2. The highest BCUT2D eigenvalue weighted by molar-refractivity contribution is 7.99. The van der Waals surface area contributed by atoms with E-state index in [0.29, 0.717) is 23.9 Å². The Bertz CT molecular complexity index is 398. The normalized spacial score (nSPS) is 13.4. The summed E-state index contributed by atoms with van der Waals surface area (Å²) >= 11 is 1.60. The fourth-order valence-electron chi connectivity index (χ4n) is 1.21. The van der Waals surface area contributed by atoms with Gasteiger partial charge in [0.25, 0.3) is 0 Å². The molecule has 0 N–H and O–H groups in total. The summed E-state index contributed by atoms with van der Waals surface area (Å²) in [6.45, 7) is 8.08. The van der Waals surface area contributed by atoms with Crippen LogP contribution in [0.3, 0.4) is 0 Å². The maximum atomic E-state index is 11.1. The SMILES string of the molecule is COC(=O)CC(C)SCc1nc(C(C)(C)C)no1. The Morgan fingerprint density at radius 3 is 2.67 bits per heavy atom. The number of carbonyl (C=O) groups excluding carboxylic acids is 1. The minimum atomic E-state index is -0.198. The van der Waals surface area contributed by atoms with Gasteiger partial charge in [0.1, 0.15) is 0 Å². The molecule has 0 aromatic carbocycles. The van der Waals surface area contributed by atoms with Gasteiger partial charge in [-0.15, -0.1) is 11.8 Å². The van der Waals surface area contributed by atoms with E-state index in [1.165, 1.54) is 7.11 Å². The molecule has 102 valence electrons. The van der Waals surface area contributed by atoms with Gasteiger partial charge in [-0.3, -0.25) is 4.79 Å². The van der Waals surface area contributed by atoms with Gasteiger partial charge in [-0.05, 0) is 0 Å². The number of esters is 1. The topological polar surface area (TPSA) is 65.2 Å². The first-order valence-electron chi connectivity index (χ1n) is 5.84. The minimum Gasteiger partial charge on any atom is -0.469 e. The molecule has 1 atom stereocenters. The third-order valence-corrected chi connectivity index (χ3v) is 3.46. The minimum absolute atomic E-state index is 0.107. The lowest BCUT2D eigenvalue weighted by Crippen LogP contribution is -2.13. The molecule has 5 nitrogen and oxygen atoms in total. The highest BCUT2D eigenvalue weighted by Gasteiger charge is 2.21. The molecule has 1 rings (SSSR count). The monoisotopic (exact) mass is 272 g/mol. The van der Waals surface area contributed by atoms with Crippen LogP contribution < -0.4 is 0 Å². The second kappa shape index (κ2) is 6.22. The van der Waals surface area contributed by atoms with Crippen molar-refractivity contribution >= 4 is 17.7 Å². The standard InChI is InChI=1S/C12H20N2O3S/c1-8(6-10(15)16-5)18-7-9-13-11(14-17-9)12(2,3)4/h8H,6-7H2,1-5H3. The van der Waals surface area contributed by atoms with E-state index in [2.05, 4.69) is 14.9 Å². The fraction of sp³-hybridized carbons (Fsp3) is 0.750. The molecule has 0 aliphatic rings. The highest BCUT2D eigenvalue weighted by atomic mass is 32.2. The van der Waals surface area contributed by atoms with Crippen LogP contribution in [0.25, 0.3) is 0 Å². The largest absolute Gasteiger partial charge is 0.469 e. The Balaban J connectivity index is 2.44. The Morgan fingerprint density at radius 1 is 1.50 bits per heavy atom. The summed E-state index contributed by atoms with van der Waals surface area (Å²) in [4.78, 5) is 15.4. The molecule has 1 aromatic rings. The van der Waals surface area contributed by atoms with E-state index < -0.39 is 0 Å². The van der Waals surface area contributed by atoms with Gasteiger partial charge in [0.05, 0.1) is 19.3 Å². The number of ether oxygens (including phenoxy) is 1. The molecule has 1 aromatic heterocycles. The summed E-state index contributed by atoms with van der Waals surface area (Å²) in [5, 5.41) is 4.12. The van der Waals surface area contributed by atoms with Crippen molar-refractivity contribution < 1.29 is 14.1 Å². The van der Waals surface area contributed by atoms with Crippen LogP contribution >= 0.6 is 11.8 Å². The van der Waals surface area contributed by atoms with Crippen LogP contribution in [0.4, 0.5) is 0 Å². The Morgan fingerprint density at radius 2 is 2.17 bits per heavy atom. The van der Waals surface area contributed by atoms with Gasteiger partial charge in [-0.25, -0.2) is 0 Å². The van der Waals surface area contributed by atoms with Gasteiger partial charge < -0.3 is 9.26 Å². The van der Waals surface area contributed by atoms with Gasteiger partial charge >= 0.3 is 5.97 Å². The van der Waals surface area contributed by atoms with E-state index in [0.717, 1.165) is 0 Å². The Hall–Kier alpha value is -1.04. The third kappa shape index (κ3) is 4.68. The number of hydrogen-bond acceptors (Lipinski definition) is 6. The number of hydrogen-bond donors (Lipinski definition) is 0. The van der Waals surface area contributed by atoms with Crippen LogP contribution in [0.15, 0.2) is 4.52 Å². The number of carbonyl (C=O) groups is 1. The van der Waals surface area contributed by atoms with Crippen LogP contribution in [0.2, 0.25) is 0 Å². The zero-order chi connectivity index (χ0) is 13.8. The molecule has 0 aliphatic carbocycles. The summed E-state index contributed by atoms with van der Waals surface area (Å²) < 4.78 is 9.79. The van der Waals surface area contributed by atoms with Crippen LogP contribution in [-0.2, 0) is 20.7 Å². The number of rotatable bonds is 5. The second-order valence-corrected chi connectivity index (χ2v) is 6.59. The van der Waals surface area contributed by atoms with Crippen molar-refractivity contribution in [2.45, 2.75) is 50.5 Å². The molecule has 0 saturated carbocycles. The van der Waals surface area contributed by atoms with E-state index in [9.17, 15) is 4.79 Å². The van der Waals surface area contributed by atoms with Crippen molar-refractivity contribution in [3.8, 4) is 0 Å². The summed E-state index contributed by atoms with van der Waals surface area (Å²) in [5.74, 6) is 1.72. The molecular weight excluding hydrogens is 252 g/mol. The van der Waals surface area contributed by atoms with Crippen molar-refractivity contribution in [1.29, 1.82) is 0 Å². The van der Waals surface area contributed by atoms with E-state index in [1.54, 1.807) is 11.8 Å². The smallest absolute Gasteiger partial charge is 0.306 e. The van der Waals surface area contributed by atoms with Crippen LogP contribution in [0.1, 0.15) is 45.8 Å². The lowest BCUT2D eigenvalue weighted by Gasteiger charge is -2.11. The average molecular weight is 272 g/mol. The fourth-order valence-corrected chi connectivity index (χ4v) is 2.01. The average Bonchev–Trinajstić information content (AvgIpc) is 2.74. The molecule has 6 heteroatoms. The number of thioether (sulfide) groups is 1. The molecule has 0 spiro atoms. The molecule has 18 heavy (non-hydrogen) atoms. The molecule has 1 heterocycles. The first-order chi connectivity index (χ1) is 8.32. The Kier molecular flexibility index (Phi) is 5.19. The van der Waals surface area contributed by atoms with Crippen molar-refractivity contribution in [3.05, 3.63) is 11.7 Å². The molecule has 0 bridgehead atoms. The van der Waals surface area contributed by atoms with E-state index in [1.807, 2.05) is 27.7 Å². The third-order valence-electron chi connectivity index (χ3n) is 2.31. The Labute approximate surface area is 112 Å². The first kappa shape index (κ1) is 15.0. The molecule has 0 amide bonds. The molecule has 0 saturated heterocycles. The van der Waals surface area contributed by atoms with Crippen LogP contribution in [-0.4, -0.2) is 28.5 Å². The summed E-state index contributed by atoms with van der Waals surface area (Å²) in [7, 11) is 1.40. The van der Waals surface area contributed by atoms with Crippen molar-refractivity contribution in [3.63, 3.8) is 0 Å². The van der Waals surface area contributed by atoms with Gasteiger partial charge in [-0.1, -0.05) is 32.9 Å². The maximum Gasteiger partial charge on any atom is 0.306 e. The predicted octanol–water partition coefficient (Wildman–Crippen LogP) is 2.55. The second-order valence-electron chi connectivity index (χ2n) is 5.16. The zero-order valence-electron chi connectivity index (χ0n) is 11.5.